The Kier molecular flexibility index (Phi) is 4.77. The van der Waals surface area contributed by atoms with E-state index in [1.807, 2.05) is 35.0 Å². The molecule has 1 N–H and O–H groups in total. The summed E-state index contributed by atoms with van der Waals surface area (Å²) in [5.41, 5.74) is 1.04. The Morgan fingerprint density at radius 1 is 1.33 bits per heavy atom. The Morgan fingerprint density at radius 2 is 2.17 bits per heavy atom. The number of hydrogen-bond acceptors (Lipinski definition) is 6. The number of methoxy groups -OCH3 is 1. The second-order valence-electron chi connectivity index (χ2n) is 5.12. The monoisotopic (exact) mass is 323 g/mol. The van der Waals surface area contributed by atoms with Crippen molar-refractivity contribution in [1.29, 1.82) is 5.26 Å². The van der Waals surface area contributed by atoms with Crippen LogP contribution in [0, 0.1) is 11.3 Å². The number of aromatic nitrogens is 3. The van der Waals surface area contributed by atoms with Gasteiger partial charge >= 0.3 is 0 Å². The van der Waals surface area contributed by atoms with Crippen LogP contribution in [0.25, 0.3) is 11.5 Å². The van der Waals surface area contributed by atoms with Crippen LogP contribution in [0.5, 0.6) is 5.75 Å². The third-order valence-electron chi connectivity index (χ3n) is 3.51. The molecule has 0 unspecified atom stereocenters. The quantitative estimate of drug-likeness (QED) is 0.672. The SMILES string of the molecule is COc1ccc(-c2nc(C#N)c(NCCCn3ccnc3)o2)cc1. The lowest BCUT2D eigenvalue weighted by atomic mass is 10.2. The van der Waals surface area contributed by atoms with Gasteiger partial charge in [0.25, 0.3) is 0 Å². The van der Waals surface area contributed by atoms with E-state index in [4.69, 9.17) is 9.15 Å². The van der Waals surface area contributed by atoms with E-state index in [9.17, 15) is 5.26 Å². The second kappa shape index (κ2) is 7.33. The van der Waals surface area contributed by atoms with Crippen LogP contribution in [0.4, 0.5) is 5.88 Å². The molecule has 0 amide bonds. The Balaban J connectivity index is 1.64. The van der Waals surface area contributed by atoms with Gasteiger partial charge in [-0.3, -0.25) is 0 Å². The van der Waals surface area contributed by atoms with Crippen LogP contribution in [0.2, 0.25) is 0 Å². The topological polar surface area (TPSA) is 88.9 Å². The van der Waals surface area contributed by atoms with Crippen molar-refractivity contribution in [1.82, 2.24) is 14.5 Å². The summed E-state index contributed by atoms with van der Waals surface area (Å²) >= 11 is 0. The van der Waals surface area contributed by atoms with Crippen molar-refractivity contribution in [2.24, 2.45) is 0 Å². The molecule has 122 valence electrons. The number of benzene rings is 1. The Bertz CT molecular complexity index is 816. The molecule has 0 aliphatic rings. The van der Waals surface area contributed by atoms with Crippen LogP contribution >= 0.6 is 0 Å². The van der Waals surface area contributed by atoms with Gasteiger partial charge in [0.2, 0.25) is 17.5 Å². The first-order valence-corrected chi connectivity index (χ1v) is 7.55. The molecule has 7 heteroatoms. The summed E-state index contributed by atoms with van der Waals surface area (Å²) in [6, 6.07) is 9.39. The molecular formula is C17H17N5O2. The molecule has 3 rings (SSSR count). The van der Waals surface area contributed by atoms with Gasteiger partial charge in [-0.15, -0.1) is 0 Å². The number of rotatable bonds is 7. The Hall–Kier alpha value is -3.27. The summed E-state index contributed by atoms with van der Waals surface area (Å²) in [7, 11) is 1.61. The molecule has 0 saturated carbocycles. The minimum atomic E-state index is 0.253. The van der Waals surface area contributed by atoms with Crippen LogP contribution in [-0.4, -0.2) is 28.2 Å². The first kappa shape index (κ1) is 15.6. The van der Waals surface area contributed by atoms with E-state index in [0.717, 1.165) is 24.3 Å². The van der Waals surface area contributed by atoms with E-state index in [1.54, 1.807) is 19.6 Å². The van der Waals surface area contributed by atoms with E-state index >= 15 is 0 Å². The molecule has 0 aliphatic carbocycles. The molecule has 2 aromatic heterocycles. The fourth-order valence-corrected chi connectivity index (χ4v) is 2.26. The van der Waals surface area contributed by atoms with Gasteiger partial charge in [0, 0.05) is 31.0 Å². The predicted octanol–water partition coefficient (Wildman–Crippen LogP) is 2.92. The van der Waals surface area contributed by atoms with Gasteiger partial charge < -0.3 is 19.0 Å². The molecule has 0 saturated heterocycles. The standard InChI is InChI=1S/C17H17N5O2/c1-23-14-5-3-13(4-6-14)16-21-15(11-18)17(24-16)20-7-2-9-22-10-8-19-12-22/h3-6,8,10,12,20H,2,7,9H2,1H3. The molecular weight excluding hydrogens is 306 g/mol. The highest BCUT2D eigenvalue weighted by atomic mass is 16.5. The summed E-state index contributed by atoms with van der Waals surface area (Å²) in [6.07, 6.45) is 6.31. The molecule has 0 radical (unpaired) electrons. The Labute approximate surface area is 139 Å². The maximum Gasteiger partial charge on any atom is 0.232 e. The van der Waals surface area contributed by atoms with Crippen LogP contribution in [0.1, 0.15) is 12.1 Å². The van der Waals surface area contributed by atoms with Crippen molar-refractivity contribution in [3.05, 3.63) is 48.7 Å². The van der Waals surface area contributed by atoms with Gasteiger partial charge in [-0.05, 0) is 30.7 Å². The van der Waals surface area contributed by atoms with E-state index < -0.39 is 0 Å². The fourth-order valence-electron chi connectivity index (χ4n) is 2.26. The van der Waals surface area contributed by atoms with Gasteiger partial charge in [0.05, 0.1) is 13.4 Å². The van der Waals surface area contributed by atoms with E-state index in [-0.39, 0.29) is 5.69 Å². The number of nitrogens with zero attached hydrogens (tertiary/aromatic N) is 4. The van der Waals surface area contributed by atoms with Crippen molar-refractivity contribution < 1.29 is 9.15 Å². The number of aryl methyl sites for hydroxylation is 1. The Morgan fingerprint density at radius 3 is 2.83 bits per heavy atom. The van der Waals surface area contributed by atoms with Crippen LogP contribution in [0.15, 0.2) is 47.4 Å². The molecule has 0 fully saturated rings. The first-order chi connectivity index (χ1) is 11.8. The number of ether oxygens (including phenoxy) is 1. The molecule has 0 spiro atoms. The number of anilines is 1. The highest BCUT2D eigenvalue weighted by Crippen LogP contribution is 2.26. The summed E-state index contributed by atoms with van der Waals surface area (Å²) in [6.45, 7) is 1.51. The largest absolute Gasteiger partial charge is 0.497 e. The highest BCUT2D eigenvalue weighted by Gasteiger charge is 2.14. The van der Waals surface area contributed by atoms with Crippen molar-refractivity contribution in [2.75, 3.05) is 19.0 Å². The van der Waals surface area contributed by atoms with Gasteiger partial charge in [-0.2, -0.15) is 10.2 Å². The van der Waals surface area contributed by atoms with Gasteiger partial charge in [-0.25, -0.2) is 4.98 Å². The molecule has 1 aromatic carbocycles. The zero-order valence-electron chi connectivity index (χ0n) is 13.3. The number of hydrogen-bond donors (Lipinski definition) is 1. The van der Waals surface area contributed by atoms with Crippen LogP contribution < -0.4 is 10.1 Å². The number of nitriles is 1. The molecule has 2 heterocycles. The van der Waals surface area contributed by atoms with Crippen LogP contribution in [-0.2, 0) is 6.54 Å². The van der Waals surface area contributed by atoms with E-state index in [2.05, 4.69) is 21.4 Å². The first-order valence-electron chi connectivity index (χ1n) is 7.55. The maximum absolute atomic E-state index is 9.22. The number of imidazole rings is 1. The third kappa shape index (κ3) is 3.55. The predicted molar refractivity (Wildman–Crippen MR) is 88.5 cm³/mol. The van der Waals surface area contributed by atoms with Crippen molar-refractivity contribution >= 4 is 5.88 Å². The normalized spacial score (nSPS) is 10.3. The van der Waals surface area contributed by atoms with E-state index in [0.29, 0.717) is 18.3 Å². The average Bonchev–Trinajstić information content (AvgIpc) is 3.28. The third-order valence-corrected chi connectivity index (χ3v) is 3.51. The highest BCUT2D eigenvalue weighted by molar-refractivity contribution is 5.59. The second-order valence-corrected chi connectivity index (χ2v) is 5.12. The van der Waals surface area contributed by atoms with E-state index in [1.165, 1.54) is 0 Å². The minimum absolute atomic E-state index is 0.253. The minimum Gasteiger partial charge on any atom is -0.497 e. The average molecular weight is 323 g/mol. The summed E-state index contributed by atoms with van der Waals surface area (Å²) in [5.74, 6) is 1.56. The molecule has 0 bridgehead atoms. The van der Waals surface area contributed by atoms with Crippen LogP contribution in [0.3, 0.4) is 0 Å². The zero-order valence-corrected chi connectivity index (χ0v) is 13.3. The van der Waals surface area contributed by atoms with Crippen molar-refractivity contribution in [2.45, 2.75) is 13.0 Å². The van der Waals surface area contributed by atoms with Gasteiger partial charge in [0.1, 0.15) is 11.8 Å². The van der Waals surface area contributed by atoms with Gasteiger partial charge in [-0.1, -0.05) is 0 Å². The lowest BCUT2D eigenvalue weighted by molar-refractivity contribution is 0.415. The maximum atomic E-state index is 9.22. The molecule has 0 atom stereocenters. The molecule has 7 nitrogen and oxygen atoms in total. The van der Waals surface area contributed by atoms with Crippen molar-refractivity contribution in [3.8, 4) is 23.3 Å². The summed E-state index contributed by atoms with van der Waals surface area (Å²) in [4.78, 5) is 8.23. The number of nitrogens with one attached hydrogen (secondary N) is 1. The van der Waals surface area contributed by atoms with Gasteiger partial charge in [0.15, 0.2) is 0 Å². The zero-order chi connectivity index (χ0) is 16.8. The number of oxazole rings is 1. The smallest absolute Gasteiger partial charge is 0.232 e. The lowest BCUT2D eigenvalue weighted by Gasteiger charge is -2.04. The van der Waals surface area contributed by atoms with Crippen molar-refractivity contribution in [3.63, 3.8) is 0 Å². The molecule has 0 aliphatic heterocycles. The summed E-state index contributed by atoms with van der Waals surface area (Å²) < 4.78 is 12.8. The molecule has 3 aromatic rings. The summed E-state index contributed by atoms with van der Waals surface area (Å²) in [5, 5.41) is 12.4. The lowest BCUT2D eigenvalue weighted by Crippen LogP contribution is -2.06. The molecule has 24 heavy (non-hydrogen) atoms. The fraction of sp³-hybridized carbons (Fsp3) is 0.235.